The van der Waals surface area contributed by atoms with Crippen molar-refractivity contribution in [3.63, 3.8) is 0 Å². The van der Waals surface area contributed by atoms with Gasteiger partial charge in [-0.15, -0.1) is 6.58 Å². The molecule has 0 aliphatic rings. The minimum Gasteiger partial charge on any atom is -0.385 e. The molecule has 0 atom stereocenters. The fourth-order valence-corrected chi connectivity index (χ4v) is 0.276. The minimum atomic E-state index is 0.365. The van der Waals surface area contributed by atoms with Crippen molar-refractivity contribution in [2.45, 2.75) is 41.5 Å². The first-order valence-electron chi connectivity index (χ1n) is 6.36. The zero-order valence-electron chi connectivity index (χ0n) is 13.0. The molecule has 0 saturated carbocycles. The number of carbonyl (C=O) groups excluding carboxylic acids is 1. The molecular formula is C14H34N2O. The number of aldehydes is 1. The summed E-state index contributed by atoms with van der Waals surface area (Å²) in [6, 6.07) is 0. The van der Waals surface area contributed by atoms with Crippen molar-refractivity contribution < 1.29 is 4.79 Å². The van der Waals surface area contributed by atoms with E-state index in [2.05, 4.69) is 23.8 Å². The van der Waals surface area contributed by atoms with Gasteiger partial charge in [0.2, 0.25) is 0 Å². The summed E-state index contributed by atoms with van der Waals surface area (Å²) in [6.45, 7) is 20.1. The van der Waals surface area contributed by atoms with Crippen LogP contribution in [0.2, 0.25) is 0 Å². The van der Waals surface area contributed by atoms with Gasteiger partial charge in [0, 0.05) is 6.54 Å². The smallest absolute Gasteiger partial charge is 0.139 e. The molecule has 2 N–H and O–H groups in total. The van der Waals surface area contributed by atoms with Crippen LogP contribution in [0.5, 0.6) is 0 Å². The van der Waals surface area contributed by atoms with Gasteiger partial charge in [-0.2, -0.15) is 0 Å². The van der Waals surface area contributed by atoms with Crippen LogP contribution in [0.3, 0.4) is 0 Å². The van der Waals surface area contributed by atoms with Crippen molar-refractivity contribution >= 4 is 6.29 Å². The predicted octanol–water partition coefficient (Wildman–Crippen LogP) is 3.39. The lowest BCUT2D eigenvalue weighted by Crippen LogP contribution is -2.05. The summed E-state index contributed by atoms with van der Waals surface area (Å²) in [7, 11) is 1.89. The molecule has 106 valence electrons. The zero-order valence-corrected chi connectivity index (χ0v) is 13.0. The van der Waals surface area contributed by atoms with Gasteiger partial charge in [0.15, 0.2) is 0 Å². The van der Waals surface area contributed by atoms with Crippen LogP contribution in [0, 0.1) is 0 Å². The number of likely N-dealkylation sites (N-methyl/N-ethyl adjacent to an activating group) is 1. The second-order valence-electron chi connectivity index (χ2n) is 1.63. The first kappa shape index (κ1) is 29.7. The Labute approximate surface area is 109 Å². The first-order valence-corrected chi connectivity index (χ1v) is 6.36. The van der Waals surface area contributed by atoms with Crippen LogP contribution >= 0.6 is 0 Å². The third-order valence-electron chi connectivity index (χ3n) is 0.694. The normalized spacial score (nSPS) is 5.59. The number of nitrogens with one attached hydrogen (secondary N) is 2. The van der Waals surface area contributed by atoms with Crippen LogP contribution in [0.4, 0.5) is 0 Å². The lowest BCUT2D eigenvalue weighted by atomic mass is 10.6. The van der Waals surface area contributed by atoms with Crippen LogP contribution in [0.1, 0.15) is 41.5 Å². The molecule has 0 radical (unpaired) electrons. The summed E-state index contributed by atoms with van der Waals surface area (Å²) in [4.78, 5) is 9.45. The van der Waals surface area contributed by atoms with E-state index in [0.717, 1.165) is 12.8 Å². The van der Waals surface area contributed by atoms with E-state index in [1.54, 1.807) is 0 Å². The highest BCUT2D eigenvalue weighted by atomic mass is 16.1. The molecule has 17 heavy (non-hydrogen) atoms. The Hall–Kier alpha value is -1.09. The number of rotatable bonds is 5. The Balaban J connectivity index is -0.0000000395. The Kier molecular flexibility index (Phi) is 144. The number of hydrogen-bond donors (Lipinski definition) is 2. The lowest BCUT2D eigenvalue weighted by Gasteiger charge is -1.82. The van der Waals surface area contributed by atoms with Crippen molar-refractivity contribution in [3.05, 3.63) is 25.4 Å². The summed E-state index contributed by atoms with van der Waals surface area (Å²) in [6.07, 6.45) is 4.08. The van der Waals surface area contributed by atoms with Gasteiger partial charge in [0.05, 0.1) is 6.54 Å². The largest absolute Gasteiger partial charge is 0.385 e. The molecule has 0 heterocycles. The Morgan fingerprint density at radius 1 is 0.941 bits per heavy atom. The molecule has 0 amide bonds. The van der Waals surface area contributed by atoms with Crippen LogP contribution < -0.4 is 10.6 Å². The summed E-state index contributed by atoms with van der Waals surface area (Å²) in [5.41, 5.74) is 0. The van der Waals surface area contributed by atoms with Crippen molar-refractivity contribution in [3.8, 4) is 0 Å². The van der Waals surface area contributed by atoms with E-state index in [1.165, 1.54) is 6.20 Å². The fraction of sp³-hybridized carbons (Fsp3) is 0.643. The molecule has 0 spiro atoms. The molecule has 0 aromatic rings. The lowest BCUT2D eigenvalue weighted by molar-refractivity contribution is -0.107. The average Bonchev–Trinajstić information content (AvgIpc) is 2.45. The molecule has 0 rings (SSSR count). The Bertz CT molecular complexity index is 96.4. The van der Waals surface area contributed by atoms with E-state index in [1.807, 2.05) is 54.7 Å². The summed E-state index contributed by atoms with van der Waals surface area (Å²) in [5, 5.41) is 5.49. The molecule has 0 aliphatic carbocycles. The van der Waals surface area contributed by atoms with Crippen LogP contribution in [0.15, 0.2) is 25.4 Å². The maximum absolute atomic E-state index is 9.45. The molecule has 0 aliphatic heterocycles. The number of carbonyl (C=O) groups is 1. The third-order valence-corrected chi connectivity index (χ3v) is 0.694. The van der Waals surface area contributed by atoms with E-state index >= 15 is 0 Å². The van der Waals surface area contributed by atoms with Gasteiger partial charge in [-0.1, -0.05) is 54.2 Å². The molecule has 3 heteroatoms. The molecule has 0 aromatic heterocycles. The van der Waals surface area contributed by atoms with E-state index in [9.17, 15) is 4.79 Å². The van der Waals surface area contributed by atoms with Gasteiger partial charge in [0.25, 0.3) is 0 Å². The molecule has 0 unspecified atom stereocenters. The van der Waals surface area contributed by atoms with E-state index in [4.69, 9.17) is 0 Å². The van der Waals surface area contributed by atoms with Gasteiger partial charge in [-0.3, -0.25) is 0 Å². The standard InChI is InChI=1S/C4H7NO.C4H9N.3C2H6/c1-2-5-3-4-6;1-3-4-5-2;3*1-2/h2,4-5H,1,3H2;3,5H,1,4H2,2H3;3*1-2H3. The summed E-state index contributed by atoms with van der Waals surface area (Å²) in [5.74, 6) is 0. The maximum atomic E-state index is 9.45. The second-order valence-corrected chi connectivity index (χ2v) is 1.63. The topological polar surface area (TPSA) is 41.1 Å². The van der Waals surface area contributed by atoms with Gasteiger partial charge < -0.3 is 15.4 Å². The van der Waals surface area contributed by atoms with E-state index in [-0.39, 0.29) is 0 Å². The molecular weight excluding hydrogens is 212 g/mol. The minimum absolute atomic E-state index is 0.365. The monoisotopic (exact) mass is 246 g/mol. The van der Waals surface area contributed by atoms with Crippen molar-refractivity contribution in [2.24, 2.45) is 0 Å². The van der Waals surface area contributed by atoms with Crippen LogP contribution in [-0.2, 0) is 4.79 Å². The Morgan fingerprint density at radius 2 is 1.35 bits per heavy atom. The highest BCUT2D eigenvalue weighted by Crippen LogP contribution is 1.48. The third kappa shape index (κ3) is 163. The highest BCUT2D eigenvalue weighted by molar-refractivity contribution is 5.51. The van der Waals surface area contributed by atoms with Crippen LogP contribution in [-0.4, -0.2) is 26.4 Å². The molecule has 0 saturated heterocycles. The molecule has 0 fully saturated rings. The first-order chi connectivity index (χ1) is 8.33. The second kappa shape index (κ2) is 82.6. The molecule has 3 nitrogen and oxygen atoms in total. The molecule has 0 aromatic carbocycles. The van der Waals surface area contributed by atoms with E-state index < -0.39 is 0 Å². The van der Waals surface area contributed by atoms with Crippen LogP contribution in [0.25, 0.3) is 0 Å². The average molecular weight is 246 g/mol. The summed E-state index contributed by atoms with van der Waals surface area (Å²) < 4.78 is 0. The van der Waals surface area contributed by atoms with Gasteiger partial charge >= 0.3 is 0 Å². The summed E-state index contributed by atoms with van der Waals surface area (Å²) >= 11 is 0. The SMILES string of the molecule is C=CCNC.C=CNCC=O.CC.CC.CC. The van der Waals surface area contributed by atoms with Crippen molar-refractivity contribution in [1.82, 2.24) is 10.6 Å². The van der Waals surface area contributed by atoms with Gasteiger partial charge in [-0.05, 0) is 13.2 Å². The quantitative estimate of drug-likeness (QED) is 0.444. The Morgan fingerprint density at radius 3 is 1.41 bits per heavy atom. The van der Waals surface area contributed by atoms with Gasteiger partial charge in [0.1, 0.15) is 6.29 Å². The molecule has 0 bridgehead atoms. The highest BCUT2D eigenvalue weighted by Gasteiger charge is 1.65. The fourth-order valence-electron chi connectivity index (χ4n) is 0.276. The maximum Gasteiger partial charge on any atom is 0.139 e. The van der Waals surface area contributed by atoms with Crippen molar-refractivity contribution in [1.29, 1.82) is 0 Å². The van der Waals surface area contributed by atoms with Crippen molar-refractivity contribution in [2.75, 3.05) is 20.1 Å². The van der Waals surface area contributed by atoms with Gasteiger partial charge in [-0.25, -0.2) is 0 Å². The number of hydrogen-bond acceptors (Lipinski definition) is 3. The van der Waals surface area contributed by atoms with E-state index in [0.29, 0.717) is 6.54 Å². The zero-order chi connectivity index (χ0) is 14.9. The predicted molar refractivity (Wildman–Crippen MR) is 82.4 cm³/mol.